The summed E-state index contributed by atoms with van der Waals surface area (Å²) in [4.78, 5) is 0. The number of nitrogens with one attached hydrogen (secondary N) is 2. The van der Waals surface area contributed by atoms with E-state index in [2.05, 4.69) is 15.8 Å². The number of nitrogens with zero attached hydrogens (tertiary/aromatic N) is 2. The molecule has 106 valence electrons. The predicted molar refractivity (Wildman–Crippen MR) is 80.8 cm³/mol. The van der Waals surface area contributed by atoms with Crippen molar-refractivity contribution in [2.24, 2.45) is 5.10 Å². The van der Waals surface area contributed by atoms with Crippen molar-refractivity contribution in [1.82, 2.24) is 10.7 Å². The molecule has 20 heavy (non-hydrogen) atoms. The smallest absolute Gasteiger partial charge is 0.187 e. The highest BCUT2D eigenvalue weighted by atomic mass is 32.1. The minimum atomic E-state index is 0.0381. The molecule has 0 bridgehead atoms. The maximum absolute atomic E-state index is 8.40. The van der Waals surface area contributed by atoms with Crippen molar-refractivity contribution in [2.75, 3.05) is 26.9 Å². The normalized spacial score (nSPS) is 10.0. The van der Waals surface area contributed by atoms with Crippen molar-refractivity contribution >= 4 is 23.5 Å². The van der Waals surface area contributed by atoms with Crippen LogP contribution in [0.25, 0.3) is 0 Å². The lowest BCUT2D eigenvalue weighted by molar-refractivity contribution is 0.204. The maximum atomic E-state index is 8.40. The topological polar surface area (TPSA) is 78.7 Å². The van der Waals surface area contributed by atoms with Crippen LogP contribution in [-0.2, 0) is 4.74 Å². The molecule has 0 aliphatic heterocycles. The van der Waals surface area contributed by atoms with Gasteiger partial charge in [0.25, 0.3) is 0 Å². The van der Waals surface area contributed by atoms with Crippen LogP contribution >= 0.6 is 12.2 Å². The van der Waals surface area contributed by atoms with E-state index in [-0.39, 0.29) is 6.61 Å². The Bertz CT molecular complexity index is 482. The second kappa shape index (κ2) is 9.72. The summed E-state index contributed by atoms with van der Waals surface area (Å²) in [5.41, 5.74) is 3.59. The Hall–Kier alpha value is -2.17. The van der Waals surface area contributed by atoms with E-state index >= 15 is 0 Å². The minimum absolute atomic E-state index is 0.0381. The number of hydrogen-bond donors (Lipinski definition) is 2. The van der Waals surface area contributed by atoms with E-state index < -0.39 is 0 Å². The summed E-state index contributed by atoms with van der Waals surface area (Å²) >= 11 is 5.01. The van der Waals surface area contributed by atoms with Crippen molar-refractivity contribution in [1.29, 1.82) is 5.26 Å². The highest BCUT2D eigenvalue weighted by Gasteiger charge is 1.94. The molecule has 0 aliphatic rings. The van der Waals surface area contributed by atoms with Gasteiger partial charge in [-0.25, -0.2) is 0 Å². The van der Waals surface area contributed by atoms with Gasteiger partial charge in [-0.2, -0.15) is 10.4 Å². The van der Waals surface area contributed by atoms with Gasteiger partial charge in [-0.15, -0.1) is 0 Å². The number of benzene rings is 1. The van der Waals surface area contributed by atoms with Gasteiger partial charge < -0.3 is 14.8 Å². The standard InChI is InChI=1S/C13H16N4O2S/c1-18-9-7-15-13(20)17-16-10-11-2-4-12(5-3-11)19-8-6-14/h2-5,10H,7-9H2,1H3,(H2,15,17,20)/b16-10-. The molecule has 1 aromatic rings. The van der Waals surface area contributed by atoms with Crippen molar-refractivity contribution < 1.29 is 9.47 Å². The molecule has 0 radical (unpaired) electrons. The zero-order valence-electron chi connectivity index (χ0n) is 11.1. The molecule has 0 aliphatic carbocycles. The number of thiocarbonyl (C=S) groups is 1. The molecule has 2 N–H and O–H groups in total. The van der Waals surface area contributed by atoms with Gasteiger partial charge in [-0.3, -0.25) is 5.43 Å². The second-order valence-electron chi connectivity index (χ2n) is 3.63. The summed E-state index contributed by atoms with van der Waals surface area (Å²) in [6, 6.07) is 9.12. The molecule has 7 heteroatoms. The Kier molecular flexibility index (Phi) is 7.72. The van der Waals surface area contributed by atoms with Gasteiger partial charge in [0.2, 0.25) is 0 Å². The number of rotatable bonds is 7. The largest absolute Gasteiger partial charge is 0.479 e. The molecule has 0 heterocycles. The lowest BCUT2D eigenvalue weighted by Gasteiger charge is -2.05. The molecule has 0 fully saturated rings. The van der Waals surface area contributed by atoms with Crippen LogP contribution in [0.2, 0.25) is 0 Å². The molecule has 0 amide bonds. The van der Waals surface area contributed by atoms with E-state index in [0.717, 1.165) is 5.56 Å². The second-order valence-corrected chi connectivity index (χ2v) is 4.04. The van der Waals surface area contributed by atoms with Gasteiger partial charge in [-0.05, 0) is 42.0 Å². The first-order chi connectivity index (χ1) is 9.76. The number of hydrogen-bond acceptors (Lipinski definition) is 5. The molecule has 0 unspecified atom stereocenters. The summed E-state index contributed by atoms with van der Waals surface area (Å²) in [6.07, 6.45) is 1.64. The van der Waals surface area contributed by atoms with E-state index in [1.165, 1.54) is 0 Å². The molecular formula is C13H16N4O2S. The number of methoxy groups -OCH3 is 1. The van der Waals surface area contributed by atoms with E-state index in [9.17, 15) is 0 Å². The van der Waals surface area contributed by atoms with Gasteiger partial charge in [0.05, 0.1) is 12.8 Å². The van der Waals surface area contributed by atoms with Crippen LogP contribution in [0.4, 0.5) is 0 Å². The quantitative estimate of drug-likeness (QED) is 0.338. The molecular weight excluding hydrogens is 276 g/mol. The fraction of sp³-hybridized carbons (Fsp3) is 0.308. The Morgan fingerprint density at radius 1 is 1.45 bits per heavy atom. The van der Waals surface area contributed by atoms with E-state index in [1.54, 1.807) is 25.5 Å². The van der Waals surface area contributed by atoms with E-state index in [1.807, 2.05) is 18.2 Å². The molecule has 0 spiro atoms. The molecule has 0 atom stereocenters. The predicted octanol–water partition coefficient (Wildman–Crippen LogP) is 1.03. The van der Waals surface area contributed by atoms with Gasteiger partial charge in [0.1, 0.15) is 11.8 Å². The van der Waals surface area contributed by atoms with Crippen molar-refractivity contribution in [3.8, 4) is 11.8 Å². The summed E-state index contributed by atoms with van der Waals surface area (Å²) in [6.45, 7) is 1.24. The minimum Gasteiger partial charge on any atom is -0.479 e. The van der Waals surface area contributed by atoms with Gasteiger partial charge in [-0.1, -0.05) is 0 Å². The summed E-state index contributed by atoms with van der Waals surface area (Å²) in [5, 5.41) is 15.8. The van der Waals surface area contributed by atoms with Crippen LogP contribution in [0, 0.1) is 11.3 Å². The number of ether oxygens (including phenoxy) is 2. The molecule has 6 nitrogen and oxygen atoms in total. The van der Waals surface area contributed by atoms with Crippen molar-refractivity contribution in [3.63, 3.8) is 0 Å². The third-order valence-electron chi connectivity index (χ3n) is 2.15. The first-order valence-corrected chi connectivity index (χ1v) is 6.32. The summed E-state index contributed by atoms with van der Waals surface area (Å²) < 4.78 is 10.0. The van der Waals surface area contributed by atoms with Crippen LogP contribution in [-0.4, -0.2) is 38.2 Å². The number of nitriles is 1. The Labute approximate surface area is 123 Å². The molecule has 1 aromatic carbocycles. The SMILES string of the molecule is COCCNC(=S)N/N=C\c1ccc(OCC#N)cc1. The average Bonchev–Trinajstić information content (AvgIpc) is 2.47. The molecule has 0 aromatic heterocycles. The Morgan fingerprint density at radius 3 is 2.85 bits per heavy atom. The fourth-order valence-electron chi connectivity index (χ4n) is 1.24. The van der Waals surface area contributed by atoms with Crippen LogP contribution in [0.1, 0.15) is 5.56 Å². The summed E-state index contributed by atoms with van der Waals surface area (Å²) in [7, 11) is 1.63. The zero-order chi connectivity index (χ0) is 14.6. The lowest BCUT2D eigenvalue weighted by Crippen LogP contribution is -2.34. The third kappa shape index (κ3) is 6.68. The molecule has 0 saturated carbocycles. The first-order valence-electron chi connectivity index (χ1n) is 5.92. The van der Waals surface area contributed by atoms with E-state index in [0.29, 0.717) is 24.0 Å². The highest BCUT2D eigenvalue weighted by Crippen LogP contribution is 2.10. The van der Waals surface area contributed by atoms with Crippen LogP contribution < -0.4 is 15.5 Å². The first kappa shape index (κ1) is 15.9. The fourth-order valence-corrected chi connectivity index (χ4v) is 1.39. The zero-order valence-corrected chi connectivity index (χ0v) is 11.9. The van der Waals surface area contributed by atoms with Crippen molar-refractivity contribution in [2.45, 2.75) is 0 Å². The highest BCUT2D eigenvalue weighted by molar-refractivity contribution is 7.80. The Morgan fingerprint density at radius 2 is 2.20 bits per heavy atom. The Balaban J connectivity index is 2.35. The maximum Gasteiger partial charge on any atom is 0.187 e. The molecule has 1 rings (SSSR count). The third-order valence-corrected chi connectivity index (χ3v) is 2.39. The van der Waals surface area contributed by atoms with Crippen molar-refractivity contribution in [3.05, 3.63) is 29.8 Å². The average molecular weight is 292 g/mol. The van der Waals surface area contributed by atoms with Crippen LogP contribution in [0.15, 0.2) is 29.4 Å². The van der Waals surface area contributed by atoms with Crippen LogP contribution in [0.3, 0.4) is 0 Å². The monoisotopic (exact) mass is 292 g/mol. The van der Waals surface area contributed by atoms with Gasteiger partial charge >= 0.3 is 0 Å². The number of hydrazone groups is 1. The van der Waals surface area contributed by atoms with E-state index in [4.69, 9.17) is 27.0 Å². The van der Waals surface area contributed by atoms with Gasteiger partial charge in [0, 0.05) is 13.7 Å². The molecule has 0 saturated heterocycles. The summed E-state index contributed by atoms with van der Waals surface area (Å²) in [5.74, 6) is 0.647. The van der Waals surface area contributed by atoms with Gasteiger partial charge in [0.15, 0.2) is 11.7 Å². The lowest BCUT2D eigenvalue weighted by atomic mass is 10.2. The van der Waals surface area contributed by atoms with Crippen LogP contribution in [0.5, 0.6) is 5.75 Å².